The zero-order chi connectivity index (χ0) is 35.4. The predicted molar refractivity (Wildman–Crippen MR) is 170 cm³/mol. The molecule has 264 valence electrons. The van der Waals surface area contributed by atoms with Crippen LogP contribution < -0.4 is 4.74 Å². The maximum Gasteiger partial charge on any atom is 0.418 e. The van der Waals surface area contributed by atoms with Gasteiger partial charge in [0.2, 0.25) is 5.91 Å². The number of likely N-dealkylation sites (tertiary alicyclic amines) is 2. The van der Waals surface area contributed by atoms with Crippen LogP contribution in [-0.4, -0.2) is 70.0 Å². The van der Waals surface area contributed by atoms with E-state index in [9.17, 15) is 37.9 Å². The monoisotopic (exact) mass is 686 g/mol. The summed E-state index contributed by atoms with van der Waals surface area (Å²) in [4.78, 5) is 46.1. The Labute approximate surface area is 283 Å². The minimum Gasteiger partial charge on any atom is -0.490 e. The van der Waals surface area contributed by atoms with E-state index in [1.807, 2.05) is 6.92 Å². The summed E-state index contributed by atoms with van der Waals surface area (Å²) < 4.78 is 62.3. The predicted octanol–water partition coefficient (Wildman–Crippen LogP) is 6.76. The Morgan fingerprint density at radius 1 is 1.08 bits per heavy atom. The third-order valence-electron chi connectivity index (χ3n) is 10.7. The van der Waals surface area contributed by atoms with E-state index in [4.69, 9.17) is 4.74 Å². The fraction of sp³-hybridized carbons (Fsp3) is 0.583. The standard InChI is InChI=1S/C36H42F4N4O5/c1-2-8-28-24(9-5-19-44(28)32(46)29-25(36(38,39)40)11-4-18-42-29)31(45)43-20-16-35(23-41,17-21-43)26-10-3-12-27(37)30(26)49-22-7-15-34(33(47)48)13-6-14-34/h3-4,10-12,18,24,28H,2,5-9,13-17,19-22H2,1H3,(H,47,48). The van der Waals surface area contributed by atoms with Gasteiger partial charge in [0.1, 0.15) is 5.69 Å². The summed E-state index contributed by atoms with van der Waals surface area (Å²) in [5, 5.41) is 20.0. The van der Waals surface area contributed by atoms with Gasteiger partial charge in [0.25, 0.3) is 5.91 Å². The molecule has 3 aliphatic rings. The number of carboxylic acid groups (broad SMARTS) is 1. The minimum absolute atomic E-state index is 0.0426. The van der Waals surface area contributed by atoms with E-state index in [0.29, 0.717) is 56.9 Å². The Balaban J connectivity index is 1.29. The van der Waals surface area contributed by atoms with Crippen LogP contribution in [0.5, 0.6) is 5.75 Å². The van der Waals surface area contributed by atoms with Gasteiger partial charge in [-0.2, -0.15) is 18.4 Å². The quantitative estimate of drug-likeness (QED) is 0.205. The topological polar surface area (TPSA) is 124 Å². The Morgan fingerprint density at radius 2 is 1.82 bits per heavy atom. The summed E-state index contributed by atoms with van der Waals surface area (Å²) in [6.45, 7) is 2.56. The zero-order valence-electron chi connectivity index (χ0n) is 27.6. The summed E-state index contributed by atoms with van der Waals surface area (Å²) in [5.41, 5.74) is -3.31. The number of alkyl halides is 3. The number of carbonyl (C=O) groups is 3. The van der Waals surface area contributed by atoms with E-state index in [0.717, 1.165) is 24.8 Å². The summed E-state index contributed by atoms with van der Waals surface area (Å²) in [6.07, 6.45) is 1.62. The van der Waals surface area contributed by atoms with Gasteiger partial charge in [0, 0.05) is 37.4 Å². The molecule has 2 atom stereocenters. The number of ether oxygens (including phenoxy) is 1. The van der Waals surface area contributed by atoms with Crippen molar-refractivity contribution < 1.29 is 41.8 Å². The Bertz CT molecular complexity index is 1580. The maximum absolute atomic E-state index is 15.2. The average molecular weight is 687 g/mol. The number of carbonyl (C=O) groups excluding carboxylic acids is 2. The Morgan fingerprint density at radius 3 is 2.43 bits per heavy atom. The molecule has 5 rings (SSSR count). The van der Waals surface area contributed by atoms with Crippen LogP contribution in [0.15, 0.2) is 36.5 Å². The number of piperidine rings is 2. The molecule has 0 spiro atoms. The second kappa shape index (κ2) is 14.7. The molecule has 2 aliphatic heterocycles. The molecular weight excluding hydrogens is 644 g/mol. The number of aromatic nitrogens is 1. The van der Waals surface area contributed by atoms with Gasteiger partial charge in [0.15, 0.2) is 11.6 Å². The number of carboxylic acids is 1. The number of nitrogens with zero attached hydrogens (tertiary/aromatic N) is 4. The van der Waals surface area contributed by atoms with Gasteiger partial charge in [-0.25, -0.2) is 4.39 Å². The van der Waals surface area contributed by atoms with Gasteiger partial charge >= 0.3 is 12.1 Å². The van der Waals surface area contributed by atoms with E-state index in [2.05, 4.69) is 11.1 Å². The first-order valence-corrected chi connectivity index (χ1v) is 17.1. The highest BCUT2D eigenvalue weighted by Gasteiger charge is 2.46. The number of halogens is 4. The number of benzene rings is 1. The lowest BCUT2D eigenvalue weighted by Crippen LogP contribution is -2.55. The number of nitriles is 1. The second-order valence-corrected chi connectivity index (χ2v) is 13.5. The van der Waals surface area contributed by atoms with Crippen LogP contribution >= 0.6 is 0 Å². The number of hydrogen-bond acceptors (Lipinski definition) is 6. The van der Waals surface area contributed by atoms with Crippen molar-refractivity contribution in [3.63, 3.8) is 0 Å². The van der Waals surface area contributed by atoms with Gasteiger partial charge in [-0.1, -0.05) is 31.9 Å². The highest BCUT2D eigenvalue weighted by Crippen LogP contribution is 2.46. The van der Waals surface area contributed by atoms with Crippen molar-refractivity contribution in [3.8, 4) is 11.8 Å². The van der Waals surface area contributed by atoms with Crippen LogP contribution in [0.3, 0.4) is 0 Å². The lowest BCUT2D eigenvalue weighted by atomic mass is 9.66. The molecule has 0 bridgehead atoms. The van der Waals surface area contributed by atoms with E-state index < -0.39 is 57.9 Å². The molecule has 1 aromatic carbocycles. The number of aliphatic carboxylic acids is 1. The normalized spacial score (nSPS) is 21.7. The highest BCUT2D eigenvalue weighted by molar-refractivity contribution is 5.95. The second-order valence-electron chi connectivity index (χ2n) is 13.5. The van der Waals surface area contributed by atoms with Gasteiger partial charge < -0.3 is 19.6 Å². The maximum atomic E-state index is 15.2. The van der Waals surface area contributed by atoms with E-state index in [1.165, 1.54) is 17.0 Å². The number of para-hydroxylation sites is 1. The van der Waals surface area contributed by atoms with Gasteiger partial charge in [-0.15, -0.1) is 0 Å². The molecule has 3 heterocycles. The summed E-state index contributed by atoms with van der Waals surface area (Å²) in [7, 11) is 0. The van der Waals surface area contributed by atoms with Crippen LogP contribution in [0.2, 0.25) is 0 Å². The highest BCUT2D eigenvalue weighted by atomic mass is 19.4. The molecule has 3 fully saturated rings. The van der Waals surface area contributed by atoms with Gasteiger partial charge in [0.05, 0.1) is 35.0 Å². The summed E-state index contributed by atoms with van der Waals surface area (Å²) >= 11 is 0. The minimum atomic E-state index is -4.77. The molecule has 9 nitrogen and oxygen atoms in total. The number of rotatable bonds is 11. The smallest absolute Gasteiger partial charge is 0.418 e. The number of pyridine rings is 1. The zero-order valence-corrected chi connectivity index (χ0v) is 27.6. The molecule has 13 heteroatoms. The van der Waals surface area contributed by atoms with Crippen molar-refractivity contribution in [3.05, 3.63) is 59.2 Å². The van der Waals surface area contributed by atoms with Crippen molar-refractivity contribution in [2.75, 3.05) is 26.2 Å². The molecule has 1 aromatic heterocycles. The first kappa shape index (κ1) is 36.1. The fourth-order valence-electron chi connectivity index (χ4n) is 7.77. The van der Waals surface area contributed by atoms with Crippen LogP contribution in [-0.2, 0) is 21.2 Å². The lowest BCUT2D eigenvalue weighted by molar-refractivity contribution is -0.155. The third kappa shape index (κ3) is 7.24. The van der Waals surface area contributed by atoms with E-state index in [1.54, 1.807) is 11.0 Å². The van der Waals surface area contributed by atoms with E-state index in [-0.39, 0.29) is 50.7 Å². The Kier molecular flexibility index (Phi) is 10.8. The van der Waals surface area contributed by atoms with Gasteiger partial charge in [-0.3, -0.25) is 19.4 Å². The summed E-state index contributed by atoms with van der Waals surface area (Å²) in [6, 6.07) is 8.12. The molecule has 1 saturated carbocycles. The molecule has 2 unspecified atom stereocenters. The average Bonchev–Trinajstić information content (AvgIpc) is 3.07. The summed E-state index contributed by atoms with van der Waals surface area (Å²) in [5.74, 6) is -3.21. The van der Waals surface area contributed by atoms with Crippen molar-refractivity contribution >= 4 is 17.8 Å². The fourth-order valence-corrected chi connectivity index (χ4v) is 7.77. The van der Waals surface area contributed by atoms with Crippen LogP contribution in [0.25, 0.3) is 0 Å². The molecule has 0 radical (unpaired) electrons. The van der Waals surface area contributed by atoms with Crippen molar-refractivity contribution in [2.45, 2.75) is 95.2 Å². The molecule has 2 amide bonds. The van der Waals surface area contributed by atoms with Crippen molar-refractivity contribution in [1.82, 2.24) is 14.8 Å². The molecular formula is C36H42F4N4O5. The Hall–Kier alpha value is -4.21. The van der Waals surface area contributed by atoms with Gasteiger partial charge in [-0.05, 0) is 76.0 Å². The van der Waals surface area contributed by atoms with Crippen LogP contribution in [0.1, 0.15) is 99.2 Å². The molecule has 1 aliphatic carbocycles. The first-order valence-electron chi connectivity index (χ1n) is 17.1. The van der Waals surface area contributed by atoms with Crippen molar-refractivity contribution in [1.29, 1.82) is 5.26 Å². The number of amides is 2. The van der Waals surface area contributed by atoms with Crippen LogP contribution in [0.4, 0.5) is 17.6 Å². The third-order valence-corrected chi connectivity index (χ3v) is 10.7. The molecule has 1 N–H and O–H groups in total. The number of hydrogen-bond donors (Lipinski definition) is 1. The van der Waals surface area contributed by atoms with Crippen molar-refractivity contribution in [2.24, 2.45) is 11.3 Å². The first-order chi connectivity index (χ1) is 23.4. The molecule has 49 heavy (non-hydrogen) atoms. The molecule has 2 aromatic rings. The van der Waals surface area contributed by atoms with Crippen LogP contribution in [0, 0.1) is 28.5 Å². The molecule has 2 saturated heterocycles. The van der Waals surface area contributed by atoms with E-state index >= 15 is 4.39 Å². The lowest BCUT2D eigenvalue weighted by Gasteiger charge is -2.44. The largest absolute Gasteiger partial charge is 0.490 e. The SMILES string of the molecule is CCCC1C(C(=O)N2CCC(C#N)(c3cccc(F)c3OCCCC3(C(=O)O)CCC3)CC2)CCCN1C(=O)c1ncccc1C(F)(F)F.